The molecule has 0 N–H and O–H groups in total. The molecule has 0 bridgehead atoms. The topological polar surface area (TPSA) is 43.4 Å². The summed E-state index contributed by atoms with van der Waals surface area (Å²) in [6.07, 6.45) is 0.591. The SMILES string of the molecule is O=S(=O)(OCCCCCl)C(F)(F)F. The Labute approximate surface area is 78.9 Å². The maximum absolute atomic E-state index is 11.6. The second-order valence-corrected chi connectivity index (χ2v) is 4.10. The number of rotatable bonds is 5. The lowest BCUT2D eigenvalue weighted by molar-refractivity contribution is -0.0542. The van der Waals surface area contributed by atoms with Crippen LogP contribution in [0.15, 0.2) is 0 Å². The van der Waals surface area contributed by atoms with Crippen LogP contribution in [0.4, 0.5) is 13.2 Å². The summed E-state index contributed by atoms with van der Waals surface area (Å²) >= 11 is 5.21. The van der Waals surface area contributed by atoms with E-state index in [2.05, 4.69) is 4.18 Å². The lowest BCUT2D eigenvalue weighted by atomic mass is 10.4. The molecular formula is C5H8ClF3O3S. The van der Waals surface area contributed by atoms with Crippen LogP contribution in [0.2, 0.25) is 0 Å². The minimum Gasteiger partial charge on any atom is -0.263 e. The molecule has 0 rings (SSSR count). The molecule has 0 unspecified atom stereocenters. The number of hydrogen-bond acceptors (Lipinski definition) is 3. The van der Waals surface area contributed by atoms with E-state index in [0.717, 1.165) is 0 Å². The van der Waals surface area contributed by atoms with Crippen molar-refractivity contribution in [2.75, 3.05) is 12.5 Å². The van der Waals surface area contributed by atoms with Crippen LogP contribution in [0.1, 0.15) is 12.8 Å². The van der Waals surface area contributed by atoms with Crippen LogP contribution in [0.3, 0.4) is 0 Å². The fourth-order valence-corrected chi connectivity index (χ4v) is 1.09. The van der Waals surface area contributed by atoms with Crippen molar-refractivity contribution in [2.45, 2.75) is 18.3 Å². The molecule has 0 atom stereocenters. The second-order valence-electron chi connectivity index (χ2n) is 2.12. The van der Waals surface area contributed by atoms with Gasteiger partial charge in [0.2, 0.25) is 0 Å². The van der Waals surface area contributed by atoms with Crippen molar-refractivity contribution in [3.8, 4) is 0 Å². The maximum Gasteiger partial charge on any atom is 0.523 e. The Morgan fingerprint density at radius 2 is 1.77 bits per heavy atom. The van der Waals surface area contributed by atoms with E-state index in [1.54, 1.807) is 0 Å². The van der Waals surface area contributed by atoms with Gasteiger partial charge in [0.25, 0.3) is 0 Å². The third-order valence-electron chi connectivity index (χ3n) is 1.05. The molecule has 0 saturated carbocycles. The van der Waals surface area contributed by atoms with Crippen LogP contribution >= 0.6 is 11.6 Å². The zero-order valence-electron chi connectivity index (χ0n) is 6.47. The van der Waals surface area contributed by atoms with Crippen molar-refractivity contribution in [3.63, 3.8) is 0 Å². The predicted molar refractivity (Wildman–Crippen MR) is 40.9 cm³/mol. The predicted octanol–water partition coefficient (Wildman–Crippen LogP) is 1.87. The lowest BCUT2D eigenvalue weighted by Gasteiger charge is -2.07. The summed E-state index contributed by atoms with van der Waals surface area (Å²) in [5.74, 6) is 0.259. The van der Waals surface area contributed by atoms with Crippen molar-refractivity contribution < 1.29 is 25.8 Å². The van der Waals surface area contributed by atoms with Gasteiger partial charge in [0.05, 0.1) is 6.61 Å². The van der Waals surface area contributed by atoms with Gasteiger partial charge in [-0.15, -0.1) is 11.6 Å². The number of alkyl halides is 4. The molecule has 0 aromatic heterocycles. The van der Waals surface area contributed by atoms with E-state index >= 15 is 0 Å². The number of halogens is 4. The summed E-state index contributed by atoms with van der Waals surface area (Å²) < 4.78 is 59.0. The van der Waals surface area contributed by atoms with Gasteiger partial charge in [-0.2, -0.15) is 21.6 Å². The third kappa shape index (κ3) is 4.68. The Morgan fingerprint density at radius 3 is 2.15 bits per heavy atom. The molecule has 0 saturated heterocycles. The van der Waals surface area contributed by atoms with E-state index < -0.39 is 22.2 Å². The minimum atomic E-state index is -5.42. The maximum atomic E-state index is 11.6. The average Bonchev–Trinajstić information content (AvgIpc) is 1.96. The highest BCUT2D eigenvalue weighted by Crippen LogP contribution is 2.24. The van der Waals surface area contributed by atoms with E-state index in [1.165, 1.54) is 0 Å². The lowest BCUT2D eigenvalue weighted by Crippen LogP contribution is -2.25. The van der Waals surface area contributed by atoms with Gasteiger partial charge in [-0.3, -0.25) is 4.18 Å². The van der Waals surface area contributed by atoms with Crippen molar-refractivity contribution in [1.29, 1.82) is 0 Å². The van der Waals surface area contributed by atoms with Crippen LogP contribution in [0.25, 0.3) is 0 Å². The minimum absolute atomic E-state index is 0.179. The molecular weight excluding hydrogens is 233 g/mol. The Kier molecular flexibility index (Phi) is 5.01. The molecule has 0 aliphatic carbocycles. The van der Waals surface area contributed by atoms with Crippen LogP contribution in [-0.2, 0) is 14.3 Å². The Hall–Kier alpha value is -0.0100. The fourth-order valence-electron chi connectivity index (χ4n) is 0.432. The van der Waals surface area contributed by atoms with Crippen molar-refractivity contribution >= 4 is 21.7 Å². The zero-order chi connectivity index (χ0) is 10.5. The van der Waals surface area contributed by atoms with Crippen LogP contribution in [0.5, 0.6) is 0 Å². The third-order valence-corrected chi connectivity index (χ3v) is 2.36. The van der Waals surface area contributed by atoms with Crippen LogP contribution < -0.4 is 0 Å². The molecule has 8 heteroatoms. The van der Waals surface area contributed by atoms with E-state index in [4.69, 9.17) is 11.6 Å². The highest BCUT2D eigenvalue weighted by atomic mass is 35.5. The van der Waals surface area contributed by atoms with E-state index in [0.29, 0.717) is 6.42 Å². The molecule has 80 valence electrons. The summed E-state index contributed by atoms with van der Waals surface area (Å²) in [6, 6.07) is 0. The normalized spacial score (nSPS) is 13.2. The molecule has 0 aliphatic rings. The van der Waals surface area contributed by atoms with Crippen LogP contribution in [0, 0.1) is 0 Å². The summed E-state index contributed by atoms with van der Waals surface area (Å²) in [6.45, 7) is -0.492. The molecule has 0 aromatic rings. The first kappa shape index (κ1) is 13.0. The molecule has 0 aliphatic heterocycles. The standard InChI is InChI=1S/C5H8ClF3O3S/c6-3-1-2-4-12-13(10,11)5(7,8)9/h1-4H2. The van der Waals surface area contributed by atoms with Crippen molar-refractivity contribution in [3.05, 3.63) is 0 Å². The molecule has 3 nitrogen and oxygen atoms in total. The molecule has 0 aromatic carbocycles. The van der Waals surface area contributed by atoms with Gasteiger partial charge in [-0.05, 0) is 12.8 Å². The van der Waals surface area contributed by atoms with Gasteiger partial charge in [-0.1, -0.05) is 0 Å². The average molecular weight is 241 g/mol. The summed E-state index contributed by atoms with van der Waals surface area (Å²) in [5.41, 5.74) is -5.34. The summed E-state index contributed by atoms with van der Waals surface area (Å²) in [4.78, 5) is 0. The van der Waals surface area contributed by atoms with E-state index in [9.17, 15) is 21.6 Å². The van der Waals surface area contributed by atoms with Gasteiger partial charge < -0.3 is 0 Å². The monoisotopic (exact) mass is 240 g/mol. The van der Waals surface area contributed by atoms with Crippen molar-refractivity contribution in [1.82, 2.24) is 0 Å². The first-order chi connectivity index (χ1) is 5.81. The van der Waals surface area contributed by atoms with Crippen molar-refractivity contribution in [2.24, 2.45) is 0 Å². The van der Waals surface area contributed by atoms with Gasteiger partial charge in [0.15, 0.2) is 0 Å². The van der Waals surface area contributed by atoms with Crippen LogP contribution in [-0.4, -0.2) is 26.4 Å². The molecule has 0 radical (unpaired) electrons. The number of hydrogen-bond donors (Lipinski definition) is 0. The van der Waals surface area contributed by atoms with Gasteiger partial charge in [-0.25, -0.2) is 0 Å². The molecule has 0 spiro atoms. The highest BCUT2D eigenvalue weighted by molar-refractivity contribution is 7.87. The van der Waals surface area contributed by atoms with Gasteiger partial charge in [0, 0.05) is 5.88 Å². The Morgan fingerprint density at radius 1 is 1.23 bits per heavy atom. The molecule has 0 fully saturated rings. The zero-order valence-corrected chi connectivity index (χ0v) is 8.05. The quantitative estimate of drug-likeness (QED) is 0.319. The Balaban J connectivity index is 3.92. The molecule has 0 amide bonds. The van der Waals surface area contributed by atoms with E-state index in [-0.39, 0.29) is 12.3 Å². The summed E-state index contributed by atoms with van der Waals surface area (Å²) in [7, 11) is -5.42. The van der Waals surface area contributed by atoms with E-state index in [1.807, 2.05) is 0 Å². The smallest absolute Gasteiger partial charge is 0.263 e. The first-order valence-electron chi connectivity index (χ1n) is 3.33. The van der Waals surface area contributed by atoms with Gasteiger partial charge >= 0.3 is 15.6 Å². The second kappa shape index (κ2) is 5.02. The molecule has 0 heterocycles. The number of unbranched alkanes of at least 4 members (excludes halogenated alkanes) is 1. The largest absolute Gasteiger partial charge is 0.523 e. The highest BCUT2D eigenvalue weighted by Gasteiger charge is 2.47. The van der Waals surface area contributed by atoms with Gasteiger partial charge in [0.1, 0.15) is 0 Å². The molecule has 13 heavy (non-hydrogen) atoms. The first-order valence-corrected chi connectivity index (χ1v) is 5.27. The summed E-state index contributed by atoms with van der Waals surface area (Å²) in [5, 5.41) is 0. The fraction of sp³-hybridized carbons (Fsp3) is 1.00. The Bertz CT molecular complexity index is 236.